The highest BCUT2D eigenvalue weighted by Crippen LogP contribution is 2.18. The molecule has 0 aliphatic rings. The zero-order valence-corrected chi connectivity index (χ0v) is 7.54. The van der Waals surface area contributed by atoms with E-state index < -0.39 is 0 Å². The van der Waals surface area contributed by atoms with Crippen molar-refractivity contribution in [2.45, 2.75) is 19.9 Å². The van der Waals surface area contributed by atoms with Crippen molar-refractivity contribution >= 4 is 0 Å². The fourth-order valence-corrected chi connectivity index (χ4v) is 1.07. The first-order chi connectivity index (χ1) is 5.63. The fraction of sp³-hybridized carbons (Fsp3) is 0.300. The molecule has 2 nitrogen and oxygen atoms in total. The van der Waals surface area contributed by atoms with Gasteiger partial charge in [0.05, 0.1) is 6.04 Å². The third kappa shape index (κ3) is 1.71. The minimum Gasteiger partial charge on any atom is -0.321 e. The minimum absolute atomic E-state index is 0.0845. The lowest BCUT2D eigenvalue weighted by atomic mass is 10.00. The van der Waals surface area contributed by atoms with Gasteiger partial charge in [-0.15, -0.1) is 0 Å². The SMILES string of the molecule is C=C(C)C(N)c1cnccc1C. The molecule has 0 spiro atoms. The van der Waals surface area contributed by atoms with Crippen LogP contribution in [0, 0.1) is 6.92 Å². The topological polar surface area (TPSA) is 38.9 Å². The molecule has 0 aliphatic heterocycles. The molecule has 0 radical (unpaired) electrons. The number of nitrogens with two attached hydrogens (primary N) is 1. The van der Waals surface area contributed by atoms with Gasteiger partial charge in [0.25, 0.3) is 0 Å². The highest BCUT2D eigenvalue weighted by Gasteiger charge is 2.08. The number of nitrogens with zero attached hydrogens (tertiary/aromatic N) is 1. The van der Waals surface area contributed by atoms with Crippen LogP contribution in [0.2, 0.25) is 0 Å². The average molecular weight is 162 g/mol. The Balaban J connectivity index is 3.02. The van der Waals surface area contributed by atoms with E-state index in [-0.39, 0.29) is 6.04 Å². The molecular weight excluding hydrogens is 148 g/mol. The van der Waals surface area contributed by atoms with Crippen LogP contribution in [0.15, 0.2) is 30.6 Å². The molecule has 0 fully saturated rings. The highest BCUT2D eigenvalue weighted by atomic mass is 14.7. The molecule has 1 aromatic rings. The van der Waals surface area contributed by atoms with Crippen molar-refractivity contribution in [2.24, 2.45) is 5.73 Å². The summed E-state index contributed by atoms with van der Waals surface area (Å²) in [6.45, 7) is 7.78. The maximum absolute atomic E-state index is 5.90. The van der Waals surface area contributed by atoms with Crippen molar-refractivity contribution in [1.29, 1.82) is 0 Å². The standard InChI is InChI=1S/C10H14N2/c1-7(2)10(11)9-6-12-5-4-8(9)3/h4-6,10H,1,11H2,2-3H3. The van der Waals surface area contributed by atoms with E-state index in [1.165, 1.54) is 5.56 Å². The molecule has 0 bridgehead atoms. The van der Waals surface area contributed by atoms with Crippen LogP contribution in [0.5, 0.6) is 0 Å². The summed E-state index contributed by atoms with van der Waals surface area (Å²) in [7, 11) is 0. The largest absolute Gasteiger partial charge is 0.321 e. The first-order valence-corrected chi connectivity index (χ1v) is 3.94. The first kappa shape index (κ1) is 8.94. The van der Waals surface area contributed by atoms with Crippen LogP contribution in [-0.2, 0) is 0 Å². The fourth-order valence-electron chi connectivity index (χ4n) is 1.07. The molecule has 1 aromatic heterocycles. The lowest BCUT2D eigenvalue weighted by Crippen LogP contribution is -2.12. The Morgan fingerprint density at radius 2 is 2.33 bits per heavy atom. The second-order valence-corrected chi connectivity index (χ2v) is 3.06. The Morgan fingerprint density at radius 1 is 1.67 bits per heavy atom. The number of aromatic nitrogens is 1. The lowest BCUT2D eigenvalue weighted by molar-refractivity contribution is 0.834. The second kappa shape index (κ2) is 3.50. The summed E-state index contributed by atoms with van der Waals surface area (Å²) < 4.78 is 0. The van der Waals surface area contributed by atoms with Gasteiger partial charge in [0.1, 0.15) is 0 Å². The van der Waals surface area contributed by atoms with Crippen LogP contribution >= 0.6 is 0 Å². The molecule has 2 heteroatoms. The number of aryl methyl sites for hydroxylation is 1. The third-order valence-electron chi connectivity index (χ3n) is 1.95. The van der Waals surface area contributed by atoms with Crippen LogP contribution in [-0.4, -0.2) is 4.98 Å². The molecule has 64 valence electrons. The van der Waals surface area contributed by atoms with Crippen molar-refractivity contribution in [1.82, 2.24) is 4.98 Å². The van der Waals surface area contributed by atoms with Crippen molar-refractivity contribution in [3.8, 4) is 0 Å². The Hall–Kier alpha value is -1.15. The van der Waals surface area contributed by atoms with Gasteiger partial charge in [-0.05, 0) is 31.0 Å². The maximum Gasteiger partial charge on any atom is 0.0523 e. The summed E-state index contributed by atoms with van der Waals surface area (Å²) in [6.07, 6.45) is 3.57. The third-order valence-corrected chi connectivity index (χ3v) is 1.95. The van der Waals surface area contributed by atoms with E-state index in [0.29, 0.717) is 0 Å². The van der Waals surface area contributed by atoms with Gasteiger partial charge in [-0.2, -0.15) is 0 Å². The molecule has 0 amide bonds. The highest BCUT2D eigenvalue weighted by molar-refractivity contribution is 5.29. The van der Waals surface area contributed by atoms with Crippen LogP contribution in [0.4, 0.5) is 0 Å². The average Bonchev–Trinajstić information content (AvgIpc) is 2.04. The van der Waals surface area contributed by atoms with Crippen LogP contribution in [0.25, 0.3) is 0 Å². The van der Waals surface area contributed by atoms with Crippen LogP contribution in [0.1, 0.15) is 24.1 Å². The van der Waals surface area contributed by atoms with E-state index in [0.717, 1.165) is 11.1 Å². The summed E-state index contributed by atoms with van der Waals surface area (Å²) in [5.41, 5.74) is 9.09. The van der Waals surface area contributed by atoms with Crippen molar-refractivity contribution in [2.75, 3.05) is 0 Å². The number of rotatable bonds is 2. The van der Waals surface area contributed by atoms with Crippen LogP contribution < -0.4 is 5.73 Å². The Kier molecular flexibility index (Phi) is 2.61. The molecule has 1 atom stereocenters. The van der Waals surface area contributed by atoms with Gasteiger partial charge < -0.3 is 5.73 Å². The second-order valence-electron chi connectivity index (χ2n) is 3.06. The Labute approximate surface area is 73.1 Å². The smallest absolute Gasteiger partial charge is 0.0523 e. The van der Waals surface area contributed by atoms with Crippen molar-refractivity contribution < 1.29 is 0 Å². The summed E-state index contributed by atoms with van der Waals surface area (Å²) >= 11 is 0. The zero-order valence-electron chi connectivity index (χ0n) is 7.54. The van der Waals surface area contributed by atoms with E-state index in [4.69, 9.17) is 5.73 Å². The van der Waals surface area contributed by atoms with Gasteiger partial charge >= 0.3 is 0 Å². The molecule has 2 N–H and O–H groups in total. The molecule has 1 heterocycles. The van der Waals surface area contributed by atoms with Gasteiger partial charge in [0.2, 0.25) is 0 Å². The number of hydrogen-bond donors (Lipinski definition) is 1. The molecule has 12 heavy (non-hydrogen) atoms. The van der Waals surface area contributed by atoms with Crippen LogP contribution in [0.3, 0.4) is 0 Å². The zero-order chi connectivity index (χ0) is 9.14. The Morgan fingerprint density at radius 3 is 2.83 bits per heavy atom. The van der Waals surface area contributed by atoms with Crippen molar-refractivity contribution in [3.63, 3.8) is 0 Å². The first-order valence-electron chi connectivity index (χ1n) is 3.94. The van der Waals surface area contributed by atoms with Gasteiger partial charge in [-0.1, -0.05) is 12.2 Å². The summed E-state index contributed by atoms with van der Waals surface area (Å²) in [6, 6.07) is 1.87. The lowest BCUT2D eigenvalue weighted by Gasteiger charge is -2.13. The van der Waals surface area contributed by atoms with Gasteiger partial charge in [0, 0.05) is 12.4 Å². The molecule has 0 aromatic carbocycles. The van der Waals surface area contributed by atoms with Gasteiger partial charge in [-0.25, -0.2) is 0 Å². The van der Waals surface area contributed by atoms with Gasteiger partial charge in [0.15, 0.2) is 0 Å². The molecular formula is C10H14N2. The predicted molar refractivity (Wildman–Crippen MR) is 50.7 cm³/mol. The summed E-state index contributed by atoms with van der Waals surface area (Å²) in [5, 5.41) is 0. The van der Waals surface area contributed by atoms with E-state index in [9.17, 15) is 0 Å². The quantitative estimate of drug-likeness (QED) is 0.675. The molecule has 0 saturated heterocycles. The number of hydrogen-bond acceptors (Lipinski definition) is 2. The normalized spacial score (nSPS) is 12.6. The predicted octanol–water partition coefficient (Wildman–Crippen LogP) is 1.97. The van der Waals surface area contributed by atoms with E-state index in [2.05, 4.69) is 11.6 Å². The minimum atomic E-state index is -0.0845. The number of pyridine rings is 1. The van der Waals surface area contributed by atoms with E-state index in [1.807, 2.05) is 19.9 Å². The summed E-state index contributed by atoms with van der Waals surface area (Å²) in [5.74, 6) is 0. The Bertz CT molecular complexity index is 292. The molecule has 1 rings (SSSR count). The summed E-state index contributed by atoms with van der Waals surface area (Å²) in [4.78, 5) is 4.03. The molecule has 0 saturated carbocycles. The van der Waals surface area contributed by atoms with E-state index >= 15 is 0 Å². The van der Waals surface area contributed by atoms with Gasteiger partial charge in [-0.3, -0.25) is 4.98 Å². The maximum atomic E-state index is 5.90. The monoisotopic (exact) mass is 162 g/mol. The van der Waals surface area contributed by atoms with E-state index in [1.54, 1.807) is 12.4 Å². The molecule has 0 aliphatic carbocycles. The molecule has 1 unspecified atom stereocenters. The van der Waals surface area contributed by atoms with Crippen molar-refractivity contribution in [3.05, 3.63) is 41.7 Å².